The lowest BCUT2D eigenvalue weighted by atomic mass is 10.1. The summed E-state index contributed by atoms with van der Waals surface area (Å²) in [7, 11) is 0. The summed E-state index contributed by atoms with van der Waals surface area (Å²) in [6.07, 6.45) is 0.912. The Morgan fingerprint density at radius 1 is 1.19 bits per heavy atom. The van der Waals surface area contributed by atoms with Crippen LogP contribution >= 0.6 is 0 Å². The Hall–Kier alpha value is -2.57. The van der Waals surface area contributed by atoms with Crippen LogP contribution in [0, 0.1) is 0 Å². The van der Waals surface area contributed by atoms with Gasteiger partial charge in [-0.25, -0.2) is 9.59 Å². The summed E-state index contributed by atoms with van der Waals surface area (Å²) in [5, 5.41) is 13.8. The first kappa shape index (κ1) is 16.5. The number of carbonyl (C=O) groups excluding carboxylic acids is 2. The highest BCUT2D eigenvalue weighted by molar-refractivity contribution is 5.90. The van der Waals surface area contributed by atoms with Gasteiger partial charge < -0.3 is 21.5 Å². The Morgan fingerprint density at radius 2 is 1.81 bits per heavy atom. The molecule has 0 radical (unpaired) electrons. The molecule has 0 saturated carbocycles. The molecule has 1 aromatic rings. The first-order chi connectivity index (χ1) is 9.95. The first-order valence-electron chi connectivity index (χ1n) is 6.59. The van der Waals surface area contributed by atoms with E-state index in [1.807, 2.05) is 6.92 Å². The van der Waals surface area contributed by atoms with Gasteiger partial charge in [-0.2, -0.15) is 0 Å². The minimum atomic E-state index is -1.11. The van der Waals surface area contributed by atoms with E-state index in [0.717, 1.165) is 0 Å². The number of carbonyl (C=O) groups is 3. The standard InChI is InChI=1S/C14H19N3O4/c1-2-6-10(13(19)20)16-12(18)11(17-14(15)21)9-7-4-3-5-8-9/h3-5,7-8,10-11H,2,6H2,1H3,(H,16,18)(H,19,20)(H3,15,17,21). The number of benzene rings is 1. The predicted molar refractivity (Wildman–Crippen MR) is 76.4 cm³/mol. The second kappa shape index (κ2) is 7.88. The largest absolute Gasteiger partial charge is 0.480 e. The van der Waals surface area contributed by atoms with Gasteiger partial charge in [-0.15, -0.1) is 0 Å². The van der Waals surface area contributed by atoms with Gasteiger partial charge in [0.1, 0.15) is 12.1 Å². The lowest BCUT2D eigenvalue weighted by Gasteiger charge is -2.20. The Kier molecular flexibility index (Phi) is 6.19. The number of carboxylic acids is 1. The van der Waals surface area contributed by atoms with E-state index in [9.17, 15) is 14.4 Å². The van der Waals surface area contributed by atoms with E-state index in [1.165, 1.54) is 0 Å². The van der Waals surface area contributed by atoms with Crippen LogP contribution in [-0.4, -0.2) is 29.1 Å². The number of urea groups is 1. The van der Waals surface area contributed by atoms with Crippen LogP contribution in [-0.2, 0) is 9.59 Å². The number of hydrogen-bond acceptors (Lipinski definition) is 3. The topological polar surface area (TPSA) is 122 Å². The van der Waals surface area contributed by atoms with Crippen molar-refractivity contribution in [1.82, 2.24) is 10.6 Å². The van der Waals surface area contributed by atoms with E-state index in [2.05, 4.69) is 10.6 Å². The molecular weight excluding hydrogens is 274 g/mol. The smallest absolute Gasteiger partial charge is 0.326 e. The first-order valence-corrected chi connectivity index (χ1v) is 6.59. The van der Waals surface area contributed by atoms with Gasteiger partial charge in [0, 0.05) is 0 Å². The SMILES string of the molecule is CCCC(NC(=O)C(NC(N)=O)c1ccccc1)C(=O)O. The van der Waals surface area contributed by atoms with E-state index < -0.39 is 30.0 Å². The maximum Gasteiger partial charge on any atom is 0.326 e. The zero-order valence-corrected chi connectivity index (χ0v) is 11.7. The molecule has 0 aliphatic rings. The molecule has 0 aromatic heterocycles. The van der Waals surface area contributed by atoms with Crippen molar-refractivity contribution in [3.8, 4) is 0 Å². The summed E-state index contributed by atoms with van der Waals surface area (Å²) in [5.74, 6) is -1.73. The number of nitrogens with one attached hydrogen (secondary N) is 2. The molecule has 0 heterocycles. The zero-order valence-electron chi connectivity index (χ0n) is 11.7. The van der Waals surface area contributed by atoms with E-state index in [0.29, 0.717) is 18.4 Å². The fourth-order valence-corrected chi connectivity index (χ4v) is 1.89. The second-order valence-corrected chi connectivity index (χ2v) is 4.54. The maximum atomic E-state index is 12.2. The molecule has 0 saturated heterocycles. The number of aliphatic carboxylic acids is 1. The van der Waals surface area contributed by atoms with Gasteiger partial charge in [0.2, 0.25) is 5.91 Å². The lowest BCUT2D eigenvalue weighted by Crippen LogP contribution is -2.48. The molecule has 0 aliphatic heterocycles. The normalized spacial score (nSPS) is 13.0. The maximum absolute atomic E-state index is 12.2. The number of nitrogens with two attached hydrogens (primary N) is 1. The Balaban J connectivity index is 2.90. The van der Waals surface area contributed by atoms with Gasteiger partial charge in [-0.1, -0.05) is 43.7 Å². The van der Waals surface area contributed by atoms with Gasteiger partial charge in [-0.05, 0) is 12.0 Å². The number of carboxylic acid groups (broad SMARTS) is 1. The van der Waals surface area contributed by atoms with Crippen molar-refractivity contribution in [2.75, 3.05) is 0 Å². The molecule has 5 N–H and O–H groups in total. The van der Waals surface area contributed by atoms with Crippen LogP contribution in [0.25, 0.3) is 0 Å². The zero-order chi connectivity index (χ0) is 15.8. The van der Waals surface area contributed by atoms with Crippen LogP contribution in [0.5, 0.6) is 0 Å². The minimum Gasteiger partial charge on any atom is -0.480 e. The van der Waals surface area contributed by atoms with Gasteiger partial charge >= 0.3 is 12.0 Å². The van der Waals surface area contributed by atoms with Crippen LogP contribution in [0.4, 0.5) is 4.79 Å². The number of amides is 3. The van der Waals surface area contributed by atoms with E-state index in [-0.39, 0.29) is 0 Å². The van der Waals surface area contributed by atoms with Gasteiger partial charge in [-0.3, -0.25) is 4.79 Å². The van der Waals surface area contributed by atoms with Crippen LogP contribution in [0.1, 0.15) is 31.4 Å². The quantitative estimate of drug-likeness (QED) is 0.593. The molecule has 1 aromatic carbocycles. The van der Waals surface area contributed by atoms with Crippen LogP contribution in [0.15, 0.2) is 30.3 Å². The molecule has 3 amide bonds. The summed E-state index contributed by atoms with van der Waals surface area (Å²) >= 11 is 0. The summed E-state index contributed by atoms with van der Waals surface area (Å²) in [4.78, 5) is 34.4. The summed E-state index contributed by atoms with van der Waals surface area (Å²) < 4.78 is 0. The monoisotopic (exact) mass is 293 g/mol. The average Bonchev–Trinajstić information content (AvgIpc) is 2.44. The van der Waals surface area contributed by atoms with Crippen LogP contribution in [0.2, 0.25) is 0 Å². The van der Waals surface area contributed by atoms with Crippen molar-refractivity contribution >= 4 is 17.9 Å². The molecule has 2 atom stereocenters. The minimum absolute atomic E-state index is 0.305. The molecule has 0 bridgehead atoms. The third kappa shape index (κ3) is 5.13. The Morgan fingerprint density at radius 3 is 2.29 bits per heavy atom. The molecule has 7 nitrogen and oxygen atoms in total. The number of primary amides is 1. The third-order valence-corrected chi connectivity index (χ3v) is 2.87. The van der Waals surface area contributed by atoms with E-state index in [1.54, 1.807) is 30.3 Å². The predicted octanol–water partition coefficient (Wildman–Crippen LogP) is 0.765. The number of rotatable bonds is 7. The molecule has 21 heavy (non-hydrogen) atoms. The van der Waals surface area contributed by atoms with Crippen LogP contribution < -0.4 is 16.4 Å². The fraction of sp³-hybridized carbons (Fsp3) is 0.357. The van der Waals surface area contributed by atoms with Gasteiger partial charge in [0.05, 0.1) is 0 Å². The van der Waals surface area contributed by atoms with Crippen molar-refractivity contribution in [2.45, 2.75) is 31.8 Å². The van der Waals surface area contributed by atoms with E-state index >= 15 is 0 Å². The van der Waals surface area contributed by atoms with Crippen molar-refractivity contribution < 1.29 is 19.5 Å². The number of hydrogen-bond donors (Lipinski definition) is 4. The van der Waals surface area contributed by atoms with Crippen molar-refractivity contribution in [3.63, 3.8) is 0 Å². The molecule has 7 heteroatoms. The molecule has 0 fully saturated rings. The fourth-order valence-electron chi connectivity index (χ4n) is 1.89. The van der Waals surface area contributed by atoms with Crippen molar-refractivity contribution in [1.29, 1.82) is 0 Å². The summed E-state index contributed by atoms with van der Waals surface area (Å²) in [6.45, 7) is 1.82. The Labute approximate surface area is 122 Å². The van der Waals surface area contributed by atoms with Gasteiger partial charge in [0.15, 0.2) is 0 Å². The van der Waals surface area contributed by atoms with E-state index in [4.69, 9.17) is 10.8 Å². The molecule has 0 aliphatic carbocycles. The highest BCUT2D eigenvalue weighted by Crippen LogP contribution is 2.13. The highest BCUT2D eigenvalue weighted by atomic mass is 16.4. The molecular formula is C14H19N3O4. The lowest BCUT2D eigenvalue weighted by molar-refractivity contribution is -0.142. The Bertz CT molecular complexity index is 504. The van der Waals surface area contributed by atoms with Crippen molar-refractivity contribution in [3.05, 3.63) is 35.9 Å². The van der Waals surface area contributed by atoms with Crippen LogP contribution in [0.3, 0.4) is 0 Å². The summed E-state index contributed by atoms with van der Waals surface area (Å²) in [5.41, 5.74) is 5.59. The summed E-state index contributed by atoms with van der Waals surface area (Å²) in [6, 6.07) is 5.59. The van der Waals surface area contributed by atoms with Crippen molar-refractivity contribution in [2.24, 2.45) is 5.73 Å². The van der Waals surface area contributed by atoms with Gasteiger partial charge in [0.25, 0.3) is 0 Å². The molecule has 0 spiro atoms. The average molecular weight is 293 g/mol. The molecule has 1 rings (SSSR count). The molecule has 2 unspecified atom stereocenters. The third-order valence-electron chi connectivity index (χ3n) is 2.87. The molecule has 114 valence electrons. The second-order valence-electron chi connectivity index (χ2n) is 4.54. The highest BCUT2D eigenvalue weighted by Gasteiger charge is 2.26.